The Hall–Kier alpha value is -3.63. The van der Waals surface area contributed by atoms with Crippen LogP contribution in [0, 0.1) is 12.8 Å². The van der Waals surface area contributed by atoms with Crippen LogP contribution in [0.1, 0.15) is 79.1 Å². The van der Waals surface area contributed by atoms with E-state index >= 15 is 0 Å². The van der Waals surface area contributed by atoms with Crippen LogP contribution in [-0.2, 0) is 28.9 Å². The van der Waals surface area contributed by atoms with Gasteiger partial charge in [-0.05, 0) is 93.5 Å². The van der Waals surface area contributed by atoms with Gasteiger partial charge in [0.2, 0.25) is 12.1 Å². The van der Waals surface area contributed by atoms with Gasteiger partial charge in [-0.3, -0.25) is 19.8 Å². The molecule has 4 heterocycles. The average molecular weight is 662 g/mol. The lowest BCUT2D eigenvalue weighted by atomic mass is 9.94. The molecule has 4 aliphatic rings. The van der Waals surface area contributed by atoms with E-state index in [0.717, 1.165) is 86.0 Å². The molecule has 0 spiro atoms. The average Bonchev–Trinajstić information content (AvgIpc) is 3.41. The molecule has 2 saturated heterocycles. The Bertz CT molecular complexity index is 1610. The van der Waals surface area contributed by atoms with E-state index in [1.165, 1.54) is 11.2 Å². The van der Waals surface area contributed by atoms with Crippen LogP contribution in [0.25, 0.3) is 0 Å². The van der Waals surface area contributed by atoms with Crippen molar-refractivity contribution in [2.75, 3.05) is 32.7 Å². The highest BCUT2D eigenvalue weighted by Gasteiger charge is 2.45. The van der Waals surface area contributed by atoms with Crippen molar-refractivity contribution in [2.24, 2.45) is 5.92 Å². The van der Waals surface area contributed by atoms with Crippen LogP contribution in [0.5, 0.6) is 0 Å². The van der Waals surface area contributed by atoms with Crippen LogP contribution < -0.4 is 4.73 Å². The van der Waals surface area contributed by atoms with Gasteiger partial charge in [0.25, 0.3) is 5.69 Å². The summed E-state index contributed by atoms with van der Waals surface area (Å²) in [5.74, 6) is 0.277. The van der Waals surface area contributed by atoms with Crippen molar-refractivity contribution in [3.63, 3.8) is 0 Å². The molecule has 250 valence electrons. The van der Waals surface area contributed by atoms with Gasteiger partial charge in [-0.1, -0.05) is 24.1 Å². The highest BCUT2D eigenvalue weighted by Crippen LogP contribution is 2.38. The minimum atomic E-state index is -0.701. The lowest BCUT2D eigenvalue weighted by Gasteiger charge is -2.45. The number of fused-ring (bicyclic) bond motifs is 2. The van der Waals surface area contributed by atoms with E-state index in [0.29, 0.717) is 43.7 Å². The fourth-order valence-corrected chi connectivity index (χ4v) is 8.46. The summed E-state index contributed by atoms with van der Waals surface area (Å²) in [4.78, 5) is 38.8. The SMILES string of the molecule is Cc1cn(C[C@@H]2CCCN(C(=O)[C@H]3CN([C@H]4c5ccc(Cl)cc5CCc5ccc[n+](O)c54)CCN3C(=O)OC3CCCCC3)C2)cn1. The number of carbonyl (C=O) groups is 2. The first-order valence-electron chi connectivity index (χ1n) is 17.3. The maximum absolute atomic E-state index is 14.6. The molecule has 0 radical (unpaired) electrons. The lowest BCUT2D eigenvalue weighted by molar-refractivity contribution is -0.911. The molecule has 3 atom stereocenters. The molecule has 0 unspecified atom stereocenters. The molecule has 47 heavy (non-hydrogen) atoms. The number of imidazole rings is 1. The molecule has 11 heteroatoms. The van der Waals surface area contributed by atoms with Crippen molar-refractivity contribution >= 4 is 23.6 Å². The van der Waals surface area contributed by atoms with E-state index in [2.05, 4.69) is 26.6 Å². The Labute approximate surface area is 281 Å². The van der Waals surface area contributed by atoms with Crippen LogP contribution in [0.2, 0.25) is 5.02 Å². The molecule has 2 aromatic heterocycles. The van der Waals surface area contributed by atoms with Gasteiger partial charge < -0.3 is 14.2 Å². The Morgan fingerprint density at radius 1 is 1.02 bits per heavy atom. The van der Waals surface area contributed by atoms with Crippen molar-refractivity contribution in [1.29, 1.82) is 0 Å². The number of hydrogen-bond donors (Lipinski definition) is 1. The number of piperidine rings is 1. The molecule has 2 aliphatic heterocycles. The van der Waals surface area contributed by atoms with Gasteiger partial charge in [0.15, 0.2) is 0 Å². The summed E-state index contributed by atoms with van der Waals surface area (Å²) in [5, 5.41) is 11.9. The predicted octanol–water partition coefficient (Wildman–Crippen LogP) is 4.95. The zero-order valence-corrected chi connectivity index (χ0v) is 28.0. The predicted molar refractivity (Wildman–Crippen MR) is 176 cm³/mol. The van der Waals surface area contributed by atoms with Gasteiger partial charge in [0, 0.05) is 66.8 Å². The monoisotopic (exact) mass is 661 g/mol. The molecular weight excluding hydrogens is 616 g/mol. The number of ether oxygens (including phenoxy) is 1. The number of piperazine rings is 1. The lowest BCUT2D eigenvalue weighted by Crippen LogP contribution is -2.63. The second-order valence-electron chi connectivity index (χ2n) is 13.9. The molecule has 1 saturated carbocycles. The fraction of sp³-hybridized carbons (Fsp3) is 0.556. The van der Waals surface area contributed by atoms with Crippen LogP contribution >= 0.6 is 11.6 Å². The van der Waals surface area contributed by atoms with Gasteiger partial charge >= 0.3 is 6.09 Å². The van der Waals surface area contributed by atoms with Crippen LogP contribution in [-0.4, -0.2) is 86.3 Å². The third-order valence-electron chi connectivity index (χ3n) is 10.6. The maximum atomic E-state index is 14.6. The van der Waals surface area contributed by atoms with Crippen molar-refractivity contribution < 1.29 is 24.3 Å². The van der Waals surface area contributed by atoms with Gasteiger partial charge in [-0.25, -0.2) is 9.78 Å². The smallest absolute Gasteiger partial charge is 0.410 e. The minimum absolute atomic E-state index is 0.0306. The molecule has 1 N–H and O–H groups in total. The Balaban J connectivity index is 1.19. The van der Waals surface area contributed by atoms with E-state index in [4.69, 9.17) is 16.3 Å². The van der Waals surface area contributed by atoms with Crippen LogP contribution in [0.15, 0.2) is 49.1 Å². The van der Waals surface area contributed by atoms with Crippen molar-refractivity contribution in [1.82, 2.24) is 24.3 Å². The van der Waals surface area contributed by atoms with Crippen LogP contribution in [0.3, 0.4) is 0 Å². The van der Waals surface area contributed by atoms with Gasteiger partial charge in [0.05, 0.1) is 12.0 Å². The second kappa shape index (κ2) is 13.8. The minimum Gasteiger partial charge on any atom is -0.446 e. The summed E-state index contributed by atoms with van der Waals surface area (Å²) in [6, 6.07) is 8.90. The first kappa shape index (κ1) is 31.9. The standard InChI is InChI=1S/C36H46ClN6O4/c1-25-20-39(24-38-25)21-26-7-5-15-41(22-26)35(44)32-23-40(17-18-42(32)36(45)47-30-9-3-2-4-10-30)34-31-14-13-29(37)19-28(31)12-11-27-8-6-16-43(46)33(27)34/h6,8,13-14,16,19-20,24,26,30,32,34,46H,2-5,7,9-12,15,17-18,21-23H2,1H3/q+1/t26-,32+,34-/m0/s1. The van der Waals surface area contributed by atoms with Gasteiger partial charge in [-0.2, -0.15) is 0 Å². The molecule has 2 aliphatic carbocycles. The fourth-order valence-electron chi connectivity index (χ4n) is 8.27. The molecule has 1 aromatic carbocycles. The zero-order valence-electron chi connectivity index (χ0n) is 27.3. The third kappa shape index (κ3) is 6.85. The number of benzene rings is 1. The summed E-state index contributed by atoms with van der Waals surface area (Å²) < 4.78 is 9.42. The molecular formula is C36H46ClN6O4+. The number of aryl methyl sites for hydroxylation is 3. The first-order valence-corrected chi connectivity index (χ1v) is 17.7. The van der Waals surface area contributed by atoms with Crippen molar-refractivity contribution in [3.8, 4) is 0 Å². The van der Waals surface area contributed by atoms with Crippen molar-refractivity contribution in [3.05, 3.63) is 82.2 Å². The summed E-state index contributed by atoms with van der Waals surface area (Å²) >= 11 is 6.47. The Morgan fingerprint density at radius 3 is 2.66 bits per heavy atom. The van der Waals surface area contributed by atoms with Crippen molar-refractivity contribution in [2.45, 2.75) is 89.4 Å². The van der Waals surface area contributed by atoms with E-state index in [1.807, 2.05) is 42.5 Å². The highest BCUT2D eigenvalue weighted by atomic mass is 35.5. The van der Waals surface area contributed by atoms with Gasteiger partial charge in [-0.15, -0.1) is 0 Å². The first-order chi connectivity index (χ1) is 22.8. The number of rotatable bonds is 5. The Kier molecular flexibility index (Phi) is 9.41. The third-order valence-corrected chi connectivity index (χ3v) is 10.8. The molecule has 7 rings (SSSR count). The summed E-state index contributed by atoms with van der Waals surface area (Å²) in [6.07, 6.45) is 13.7. The highest BCUT2D eigenvalue weighted by molar-refractivity contribution is 6.30. The molecule has 2 amide bonds. The van der Waals surface area contributed by atoms with E-state index in [-0.39, 0.29) is 24.1 Å². The largest absolute Gasteiger partial charge is 0.446 e. The van der Waals surface area contributed by atoms with Gasteiger partial charge in [0.1, 0.15) is 18.2 Å². The van der Waals surface area contributed by atoms with Crippen LogP contribution in [0.4, 0.5) is 4.79 Å². The molecule has 3 fully saturated rings. The number of pyridine rings is 1. The summed E-state index contributed by atoms with van der Waals surface area (Å²) in [6.45, 7) is 5.34. The number of nitrogens with zero attached hydrogens (tertiary/aromatic N) is 6. The number of amides is 2. The zero-order chi connectivity index (χ0) is 32.5. The maximum Gasteiger partial charge on any atom is 0.410 e. The van der Waals surface area contributed by atoms with E-state index in [9.17, 15) is 14.8 Å². The quantitative estimate of drug-likeness (QED) is 0.307. The number of halogens is 1. The number of hydrogen-bond acceptors (Lipinski definition) is 6. The number of likely N-dealkylation sites (tertiary alicyclic amines) is 1. The summed E-state index contributed by atoms with van der Waals surface area (Å²) in [7, 11) is 0. The normalized spacial score (nSPS) is 23.9. The molecule has 3 aromatic rings. The van der Waals surface area contributed by atoms with E-state index < -0.39 is 6.04 Å². The number of carbonyl (C=O) groups excluding carboxylic acids is 2. The second-order valence-corrected chi connectivity index (χ2v) is 14.3. The molecule has 0 bridgehead atoms. The topological polar surface area (TPSA) is 95.0 Å². The number of aromatic nitrogens is 3. The Morgan fingerprint density at radius 2 is 1.85 bits per heavy atom. The summed E-state index contributed by atoms with van der Waals surface area (Å²) in [5.41, 5.74) is 5.04. The molecule has 10 nitrogen and oxygen atoms in total. The van der Waals surface area contributed by atoms with E-state index in [1.54, 1.807) is 11.1 Å².